The summed E-state index contributed by atoms with van der Waals surface area (Å²) in [5.41, 5.74) is 9.19. The molecule has 28 heavy (non-hydrogen) atoms. The van der Waals surface area contributed by atoms with Gasteiger partial charge in [0.1, 0.15) is 0 Å². The molecule has 0 amide bonds. The maximum absolute atomic E-state index is 2.51. The molecule has 0 aliphatic heterocycles. The van der Waals surface area contributed by atoms with Crippen LogP contribution in [0.1, 0.15) is 25.9 Å². The summed E-state index contributed by atoms with van der Waals surface area (Å²) in [6, 6.07) is 25.1. The molecule has 0 saturated heterocycles. The predicted octanol–water partition coefficient (Wildman–Crippen LogP) is -0.189. The second-order valence-electron chi connectivity index (χ2n) is 7.34. The van der Waals surface area contributed by atoms with E-state index in [4.69, 9.17) is 0 Å². The van der Waals surface area contributed by atoms with E-state index in [1.165, 1.54) is 22.3 Å². The van der Waals surface area contributed by atoms with E-state index in [2.05, 4.69) is 86.1 Å². The maximum Gasteiger partial charge on any atom is -1.00 e. The van der Waals surface area contributed by atoms with Crippen LogP contribution in [0.3, 0.4) is 0 Å². The van der Waals surface area contributed by atoms with Crippen molar-refractivity contribution < 1.29 is 32.3 Å². The standard InChI is InChI=1S/C13H9.C11H12P.2FH.Hf/c1-3-7-12-10(5-1)9-11-6-2-4-8-13(11)12;1-12(2)11-7-9-5-3-4-6-10(9)8-11;;;/h1-5,7-8H,9H2;3-8H,1-2H3;2*1H;/q;;;;+2/p-2. The Balaban J connectivity index is 0.00000112. The van der Waals surface area contributed by atoms with Gasteiger partial charge in [0, 0.05) is 0 Å². The topological polar surface area (TPSA) is 0 Å². The van der Waals surface area contributed by atoms with E-state index in [0.717, 1.165) is 10.1 Å². The van der Waals surface area contributed by atoms with Crippen LogP contribution in [0.15, 0.2) is 72.0 Å². The molecule has 0 bridgehead atoms. The summed E-state index contributed by atoms with van der Waals surface area (Å²) in [7, 11) is -0.0263. The van der Waals surface area contributed by atoms with Crippen LogP contribution in [-0.4, -0.2) is 13.3 Å². The van der Waals surface area contributed by atoms with Crippen LogP contribution >= 0.6 is 7.92 Å². The number of hydrogen-bond donors (Lipinski definition) is 0. The van der Waals surface area contributed by atoms with E-state index >= 15 is 0 Å². The van der Waals surface area contributed by atoms with Gasteiger partial charge in [-0.15, -0.1) is 0 Å². The van der Waals surface area contributed by atoms with Gasteiger partial charge in [-0.25, -0.2) is 0 Å². The van der Waals surface area contributed by atoms with E-state index in [1.807, 2.05) is 0 Å². The summed E-state index contributed by atoms with van der Waals surface area (Å²) in [6.07, 6.45) is 3.64. The summed E-state index contributed by atoms with van der Waals surface area (Å²) < 4.78 is 2.46. The Labute approximate surface area is 177 Å². The SMILES string of the molecule is CP(C)C1=Cc2ccccc2[CH]1[Hf+2][c]1cccc2c1Cc1ccccc1-2.[F-].[F-]. The van der Waals surface area contributed by atoms with Crippen molar-refractivity contribution in [1.29, 1.82) is 0 Å². The Morgan fingerprint density at radius 2 is 1.54 bits per heavy atom. The molecule has 0 radical (unpaired) electrons. The Morgan fingerprint density at radius 3 is 2.36 bits per heavy atom. The van der Waals surface area contributed by atoms with Crippen LogP contribution in [0.2, 0.25) is 0 Å². The predicted molar refractivity (Wildman–Crippen MR) is 110 cm³/mol. The van der Waals surface area contributed by atoms with Crippen molar-refractivity contribution in [3.05, 3.63) is 94.3 Å². The van der Waals surface area contributed by atoms with Crippen molar-refractivity contribution in [3.8, 4) is 11.1 Å². The van der Waals surface area contributed by atoms with E-state index in [-0.39, 0.29) is 17.3 Å². The molecule has 0 nitrogen and oxygen atoms in total. The summed E-state index contributed by atoms with van der Waals surface area (Å²) >= 11 is -1.04. The first-order valence-electron chi connectivity index (χ1n) is 9.17. The fourth-order valence-electron chi connectivity index (χ4n) is 4.29. The number of benzene rings is 3. The normalized spacial score (nSPS) is 15.5. The average molecular weight is 557 g/mol. The second-order valence-corrected chi connectivity index (χ2v) is 14.7. The van der Waals surface area contributed by atoms with Crippen LogP contribution < -0.4 is 12.7 Å². The van der Waals surface area contributed by atoms with Crippen LogP contribution in [0, 0.1) is 0 Å². The van der Waals surface area contributed by atoms with Gasteiger partial charge < -0.3 is 9.41 Å². The van der Waals surface area contributed by atoms with Gasteiger partial charge in [-0.2, -0.15) is 0 Å². The molecule has 4 heteroatoms. The average Bonchev–Trinajstić information content (AvgIpc) is 3.21. The Kier molecular flexibility index (Phi) is 6.47. The quantitative estimate of drug-likeness (QED) is 0.243. The van der Waals surface area contributed by atoms with Crippen LogP contribution in [0.4, 0.5) is 0 Å². The Bertz CT molecular complexity index is 1040. The van der Waals surface area contributed by atoms with E-state index in [0.29, 0.717) is 0 Å². The molecule has 140 valence electrons. The molecule has 3 aromatic rings. The first-order valence-corrected chi connectivity index (χ1v) is 15.3. The molecule has 0 fully saturated rings. The third-order valence-corrected chi connectivity index (χ3v) is 13.9. The molecule has 0 saturated carbocycles. The van der Waals surface area contributed by atoms with Crippen molar-refractivity contribution in [3.63, 3.8) is 0 Å². The van der Waals surface area contributed by atoms with Crippen LogP contribution in [0.25, 0.3) is 17.2 Å². The van der Waals surface area contributed by atoms with Gasteiger partial charge in [0.05, 0.1) is 0 Å². The minimum absolute atomic E-state index is 0. The second kappa shape index (κ2) is 8.51. The van der Waals surface area contributed by atoms with Gasteiger partial charge in [0.25, 0.3) is 0 Å². The zero-order valence-corrected chi connectivity index (χ0v) is 20.4. The van der Waals surface area contributed by atoms with Crippen LogP contribution in [-0.2, 0) is 29.3 Å². The van der Waals surface area contributed by atoms with E-state index < -0.39 is 22.9 Å². The number of rotatable bonds is 3. The number of hydrogen-bond acceptors (Lipinski definition) is 0. The fourth-order valence-corrected chi connectivity index (χ4v) is 14.2. The molecule has 1 atom stereocenters. The molecular weight excluding hydrogens is 536 g/mol. The molecule has 2 aliphatic carbocycles. The summed E-state index contributed by atoms with van der Waals surface area (Å²) in [6.45, 7) is 4.85. The zero-order valence-electron chi connectivity index (χ0n) is 15.9. The van der Waals surface area contributed by atoms with Crippen molar-refractivity contribution >= 4 is 17.3 Å². The molecule has 0 N–H and O–H groups in total. The first kappa shape index (κ1) is 21.3. The first-order chi connectivity index (χ1) is 12.7. The maximum atomic E-state index is 2.51. The summed E-state index contributed by atoms with van der Waals surface area (Å²) in [5.74, 6) is 0. The largest absolute Gasteiger partial charge is 1.00 e. The van der Waals surface area contributed by atoms with Crippen LogP contribution in [0.5, 0.6) is 0 Å². The molecule has 0 heterocycles. The third-order valence-electron chi connectivity index (χ3n) is 5.57. The minimum atomic E-state index is -1.04. The van der Waals surface area contributed by atoms with Gasteiger partial charge in [-0.05, 0) is 0 Å². The fraction of sp³-hybridized carbons (Fsp3) is 0.167. The van der Waals surface area contributed by atoms with Crippen molar-refractivity contribution in [2.45, 2.75) is 10.1 Å². The molecule has 0 aromatic heterocycles. The van der Waals surface area contributed by atoms with Gasteiger partial charge in [0.2, 0.25) is 0 Å². The third kappa shape index (κ3) is 3.48. The van der Waals surface area contributed by atoms with Gasteiger partial charge in [0.15, 0.2) is 0 Å². The number of allylic oxidation sites excluding steroid dienone is 1. The molecule has 1 unspecified atom stereocenters. The molecule has 5 rings (SSSR count). The van der Waals surface area contributed by atoms with Gasteiger partial charge in [-0.3, -0.25) is 0 Å². The molecule has 2 aliphatic rings. The molecule has 3 aromatic carbocycles. The number of fused-ring (bicyclic) bond motifs is 4. The number of halogens is 2. The van der Waals surface area contributed by atoms with Crippen molar-refractivity contribution in [1.82, 2.24) is 0 Å². The zero-order chi connectivity index (χ0) is 17.7. The summed E-state index contributed by atoms with van der Waals surface area (Å²) in [4.78, 5) is 0. The minimum Gasteiger partial charge on any atom is -1.00 e. The van der Waals surface area contributed by atoms with E-state index in [1.54, 1.807) is 19.8 Å². The van der Waals surface area contributed by atoms with Gasteiger partial charge in [-0.1, -0.05) is 0 Å². The molecule has 0 spiro atoms. The molecular formula is C24H21F2HfP. The smallest absolute Gasteiger partial charge is 1.00 e. The Hall–Kier alpha value is -1.44. The monoisotopic (exact) mass is 558 g/mol. The van der Waals surface area contributed by atoms with Crippen molar-refractivity contribution in [2.24, 2.45) is 0 Å². The van der Waals surface area contributed by atoms with Crippen molar-refractivity contribution in [2.75, 3.05) is 13.3 Å². The van der Waals surface area contributed by atoms with Gasteiger partial charge >= 0.3 is 169 Å². The summed E-state index contributed by atoms with van der Waals surface area (Å²) in [5, 5.41) is 1.73. The Morgan fingerprint density at radius 1 is 0.821 bits per heavy atom. The van der Waals surface area contributed by atoms with E-state index in [9.17, 15) is 0 Å².